The maximum absolute atomic E-state index is 13.7. The predicted octanol–water partition coefficient (Wildman–Crippen LogP) is 4.23. The summed E-state index contributed by atoms with van der Waals surface area (Å²) in [4.78, 5) is 31.7. The van der Waals surface area contributed by atoms with Gasteiger partial charge in [0.05, 0.1) is 47.1 Å². The zero-order valence-electron chi connectivity index (χ0n) is 19.4. The molecule has 1 aliphatic rings. The lowest BCUT2D eigenvalue weighted by atomic mass is 9.96. The van der Waals surface area contributed by atoms with Crippen LogP contribution in [-0.2, 0) is 9.53 Å². The molecular weight excluding hydrogens is 556 g/mol. The zero-order chi connectivity index (χ0) is 25.3. The fraction of sp³-hybridized carbons (Fsp3) is 0.240. The minimum atomic E-state index is -0.693. The molecule has 0 spiro atoms. The van der Waals surface area contributed by atoms with Crippen molar-refractivity contribution in [3.8, 4) is 11.5 Å². The molecule has 0 saturated heterocycles. The Balaban J connectivity index is 1.94. The fourth-order valence-electron chi connectivity index (χ4n) is 3.92. The first-order valence-electron chi connectivity index (χ1n) is 10.7. The van der Waals surface area contributed by atoms with Crippen LogP contribution in [0.1, 0.15) is 31.0 Å². The first-order valence-corrected chi connectivity index (χ1v) is 12.6. The normalized spacial score (nSPS) is 15.5. The smallest absolute Gasteiger partial charge is 0.338 e. The lowest BCUT2D eigenvalue weighted by Crippen LogP contribution is -2.39. The van der Waals surface area contributed by atoms with Gasteiger partial charge in [-0.3, -0.25) is 9.36 Å². The molecule has 10 heteroatoms. The molecular formula is C25H22BrClN2O5S. The Bertz CT molecular complexity index is 1510. The molecule has 2 aromatic carbocycles. The summed E-state index contributed by atoms with van der Waals surface area (Å²) in [5.74, 6) is 0.579. The Kier molecular flexibility index (Phi) is 7.49. The second kappa shape index (κ2) is 10.4. The van der Waals surface area contributed by atoms with Gasteiger partial charge in [0.2, 0.25) is 0 Å². The third kappa shape index (κ3) is 4.80. The summed E-state index contributed by atoms with van der Waals surface area (Å²) in [6.07, 6.45) is 1.76. The highest BCUT2D eigenvalue weighted by Gasteiger charge is 2.33. The number of aromatic nitrogens is 1. The third-order valence-corrected chi connectivity index (χ3v) is 7.28. The summed E-state index contributed by atoms with van der Waals surface area (Å²) in [5.41, 5.74) is 2.03. The first-order chi connectivity index (χ1) is 16.8. The van der Waals surface area contributed by atoms with Gasteiger partial charge < -0.3 is 14.2 Å². The Morgan fingerprint density at radius 3 is 2.57 bits per heavy atom. The standard InChI is InChI=1S/C25H22BrClN2O5S/c1-5-34-24(31)20-13(2)28-25-29(21(20)15-6-8-16(27)9-7-15)23(30)19(35-25)12-14-10-17(26)22(33-4)18(11-14)32-3/h6-12,21H,5H2,1-4H3/b19-12+/t21-/m0/s1. The van der Waals surface area contributed by atoms with E-state index in [4.69, 9.17) is 25.8 Å². The van der Waals surface area contributed by atoms with Crippen LogP contribution in [0.4, 0.5) is 0 Å². The number of hydrogen-bond donors (Lipinski definition) is 0. The highest BCUT2D eigenvalue weighted by Crippen LogP contribution is 2.36. The summed E-state index contributed by atoms with van der Waals surface area (Å²) >= 11 is 10.8. The summed E-state index contributed by atoms with van der Waals surface area (Å²) in [5, 5.41) is 0.554. The maximum Gasteiger partial charge on any atom is 0.338 e. The topological polar surface area (TPSA) is 79.1 Å². The highest BCUT2D eigenvalue weighted by atomic mass is 79.9. The predicted molar refractivity (Wildman–Crippen MR) is 139 cm³/mol. The minimum absolute atomic E-state index is 0.210. The second-order valence-corrected chi connectivity index (χ2v) is 9.89. The van der Waals surface area contributed by atoms with Crippen LogP contribution in [0.15, 0.2) is 61.9 Å². The average molecular weight is 578 g/mol. The molecule has 0 amide bonds. The summed E-state index contributed by atoms with van der Waals surface area (Å²) in [6.45, 7) is 3.70. The SMILES string of the molecule is CCOC(=O)C1=C(C)N=c2s/c(=C/c3cc(Br)c(OC)c(OC)c3)c(=O)n2[C@H]1c1ccc(Cl)cc1. The number of rotatable bonds is 6. The van der Waals surface area contributed by atoms with E-state index < -0.39 is 12.0 Å². The van der Waals surface area contributed by atoms with Gasteiger partial charge in [-0.25, -0.2) is 9.79 Å². The van der Waals surface area contributed by atoms with Gasteiger partial charge in [0.1, 0.15) is 0 Å². The van der Waals surface area contributed by atoms with Gasteiger partial charge in [0.15, 0.2) is 16.3 Å². The van der Waals surface area contributed by atoms with E-state index in [9.17, 15) is 9.59 Å². The lowest BCUT2D eigenvalue weighted by Gasteiger charge is -2.24. The van der Waals surface area contributed by atoms with E-state index in [0.29, 0.717) is 41.6 Å². The average Bonchev–Trinajstić information content (AvgIpc) is 3.12. The number of ether oxygens (including phenoxy) is 3. The van der Waals surface area contributed by atoms with Gasteiger partial charge in [-0.2, -0.15) is 0 Å². The van der Waals surface area contributed by atoms with E-state index in [1.54, 1.807) is 64.5 Å². The van der Waals surface area contributed by atoms with E-state index in [0.717, 1.165) is 11.1 Å². The number of carbonyl (C=O) groups is 1. The molecule has 2 heterocycles. The lowest BCUT2D eigenvalue weighted by molar-refractivity contribution is -0.139. The molecule has 35 heavy (non-hydrogen) atoms. The van der Waals surface area contributed by atoms with Crippen molar-refractivity contribution in [1.29, 1.82) is 0 Å². The Labute approximate surface area is 219 Å². The first kappa shape index (κ1) is 25.2. The van der Waals surface area contributed by atoms with E-state index in [-0.39, 0.29) is 12.2 Å². The Morgan fingerprint density at radius 2 is 1.94 bits per heavy atom. The molecule has 1 atom stereocenters. The van der Waals surface area contributed by atoms with Crippen molar-refractivity contribution < 1.29 is 19.0 Å². The number of hydrogen-bond acceptors (Lipinski definition) is 7. The molecule has 0 aliphatic carbocycles. The fourth-order valence-corrected chi connectivity index (χ4v) is 5.72. The van der Waals surface area contributed by atoms with Crippen molar-refractivity contribution in [3.63, 3.8) is 0 Å². The van der Waals surface area contributed by atoms with Crippen LogP contribution in [-0.4, -0.2) is 31.4 Å². The molecule has 1 aliphatic heterocycles. The van der Waals surface area contributed by atoms with Crippen LogP contribution in [0.5, 0.6) is 11.5 Å². The molecule has 0 N–H and O–H groups in total. The summed E-state index contributed by atoms with van der Waals surface area (Å²) < 4.78 is 18.8. The molecule has 0 saturated carbocycles. The number of thiazole rings is 1. The van der Waals surface area contributed by atoms with Gasteiger partial charge >= 0.3 is 5.97 Å². The van der Waals surface area contributed by atoms with Crippen molar-refractivity contribution in [1.82, 2.24) is 4.57 Å². The van der Waals surface area contributed by atoms with Crippen LogP contribution in [0.3, 0.4) is 0 Å². The van der Waals surface area contributed by atoms with E-state index in [2.05, 4.69) is 20.9 Å². The number of carbonyl (C=O) groups excluding carboxylic acids is 1. The van der Waals surface area contributed by atoms with Gasteiger partial charge in [0, 0.05) is 5.02 Å². The third-order valence-electron chi connectivity index (χ3n) is 5.46. The Morgan fingerprint density at radius 1 is 1.23 bits per heavy atom. The second-order valence-electron chi connectivity index (χ2n) is 7.59. The molecule has 1 aromatic heterocycles. The number of fused-ring (bicyclic) bond motifs is 1. The van der Waals surface area contributed by atoms with Crippen molar-refractivity contribution in [2.45, 2.75) is 19.9 Å². The van der Waals surface area contributed by atoms with Crippen molar-refractivity contribution in [2.24, 2.45) is 4.99 Å². The number of methoxy groups -OCH3 is 2. The largest absolute Gasteiger partial charge is 0.493 e. The Hall–Kier alpha value is -2.88. The minimum Gasteiger partial charge on any atom is -0.493 e. The van der Waals surface area contributed by atoms with E-state index in [1.807, 2.05) is 6.07 Å². The number of halogens is 2. The highest BCUT2D eigenvalue weighted by molar-refractivity contribution is 9.10. The van der Waals surface area contributed by atoms with Gasteiger partial charge in [-0.1, -0.05) is 35.1 Å². The van der Waals surface area contributed by atoms with E-state index >= 15 is 0 Å². The van der Waals surface area contributed by atoms with Gasteiger partial charge in [-0.15, -0.1) is 0 Å². The van der Waals surface area contributed by atoms with Crippen molar-refractivity contribution in [3.05, 3.63) is 88.0 Å². The molecule has 0 radical (unpaired) electrons. The van der Waals surface area contributed by atoms with Crippen LogP contribution in [0.25, 0.3) is 6.08 Å². The van der Waals surface area contributed by atoms with E-state index in [1.165, 1.54) is 15.9 Å². The summed E-state index contributed by atoms with van der Waals surface area (Å²) in [6, 6.07) is 9.99. The molecule has 0 unspecified atom stereocenters. The van der Waals surface area contributed by atoms with Crippen LogP contribution >= 0.6 is 38.9 Å². The molecule has 7 nitrogen and oxygen atoms in total. The summed E-state index contributed by atoms with van der Waals surface area (Å²) in [7, 11) is 3.11. The van der Waals surface area contributed by atoms with Crippen LogP contribution in [0.2, 0.25) is 5.02 Å². The molecule has 0 fully saturated rings. The van der Waals surface area contributed by atoms with Crippen molar-refractivity contribution >= 4 is 50.9 Å². The quantitative estimate of drug-likeness (QED) is 0.410. The number of benzene rings is 2. The number of allylic oxidation sites excluding steroid dienone is 1. The van der Waals surface area contributed by atoms with Crippen molar-refractivity contribution in [2.75, 3.05) is 20.8 Å². The zero-order valence-corrected chi connectivity index (χ0v) is 22.6. The number of esters is 1. The molecule has 0 bridgehead atoms. The van der Waals surface area contributed by atoms with Gasteiger partial charge in [0.25, 0.3) is 5.56 Å². The molecule has 182 valence electrons. The van der Waals surface area contributed by atoms with Gasteiger partial charge in [-0.05, 0) is 71.2 Å². The van der Waals surface area contributed by atoms with Crippen LogP contribution < -0.4 is 24.4 Å². The number of nitrogens with zero attached hydrogens (tertiary/aromatic N) is 2. The molecule has 4 rings (SSSR count). The van der Waals surface area contributed by atoms with Crippen LogP contribution in [0, 0.1) is 0 Å². The molecule has 3 aromatic rings. The maximum atomic E-state index is 13.7. The monoisotopic (exact) mass is 576 g/mol.